The number of carbonyl (C=O) groups excluding carboxylic acids is 2. The van der Waals surface area contributed by atoms with Crippen LogP contribution < -0.4 is 9.64 Å². The molecule has 1 aliphatic rings. The van der Waals surface area contributed by atoms with Crippen LogP contribution in [0.4, 0.5) is 5.69 Å². The van der Waals surface area contributed by atoms with Crippen molar-refractivity contribution in [2.45, 2.75) is 0 Å². The number of hydrogen-bond acceptors (Lipinski definition) is 6. The maximum atomic E-state index is 12.3. The van der Waals surface area contributed by atoms with Crippen molar-refractivity contribution in [3.05, 3.63) is 58.9 Å². The number of allylic oxidation sites excluding steroid dienone is 2. The first-order chi connectivity index (χ1) is 11.5. The molecule has 24 heavy (non-hydrogen) atoms. The maximum absolute atomic E-state index is 12.3. The molecule has 7 heteroatoms. The topological polar surface area (TPSA) is 65.1 Å². The fraction of sp³-hybridized carbons (Fsp3) is 0.176. The molecule has 1 aromatic carbocycles. The minimum Gasteiger partial charge on any atom is -0.495 e. The van der Waals surface area contributed by atoms with Gasteiger partial charge in [0, 0.05) is 17.3 Å². The molecule has 0 atom stereocenters. The quantitative estimate of drug-likeness (QED) is 0.779. The Balaban J connectivity index is 2.70. The molecular formula is C17H16ClNO5. The largest absolute Gasteiger partial charge is 0.495 e. The number of hydrogen-bond donors (Lipinski definition) is 0. The fourth-order valence-corrected chi connectivity index (χ4v) is 2.36. The van der Waals surface area contributed by atoms with Crippen molar-refractivity contribution < 1.29 is 23.8 Å². The average molecular weight is 350 g/mol. The van der Waals surface area contributed by atoms with Crippen molar-refractivity contribution in [3.8, 4) is 5.75 Å². The van der Waals surface area contributed by atoms with E-state index in [9.17, 15) is 9.59 Å². The zero-order chi connectivity index (χ0) is 17.7. The number of benzene rings is 1. The highest BCUT2D eigenvalue weighted by Crippen LogP contribution is 2.35. The Morgan fingerprint density at radius 2 is 1.75 bits per heavy atom. The molecule has 0 spiro atoms. The lowest BCUT2D eigenvalue weighted by Gasteiger charge is -2.24. The summed E-state index contributed by atoms with van der Waals surface area (Å²) in [6.45, 7) is 0. The van der Waals surface area contributed by atoms with Crippen molar-refractivity contribution in [1.29, 1.82) is 0 Å². The van der Waals surface area contributed by atoms with Gasteiger partial charge in [-0.05, 0) is 24.3 Å². The van der Waals surface area contributed by atoms with E-state index in [1.807, 2.05) is 0 Å². The Hall–Kier alpha value is -2.73. The van der Waals surface area contributed by atoms with Gasteiger partial charge < -0.3 is 19.1 Å². The van der Waals surface area contributed by atoms with E-state index in [2.05, 4.69) is 0 Å². The Morgan fingerprint density at radius 1 is 1.04 bits per heavy atom. The Bertz CT molecular complexity index is 751. The first-order valence-corrected chi connectivity index (χ1v) is 7.29. The molecule has 0 bridgehead atoms. The third-order valence-corrected chi connectivity index (χ3v) is 3.53. The Morgan fingerprint density at radius 3 is 2.38 bits per heavy atom. The van der Waals surface area contributed by atoms with Gasteiger partial charge in [-0.15, -0.1) is 0 Å². The molecule has 2 rings (SSSR count). The van der Waals surface area contributed by atoms with Crippen LogP contribution in [0.1, 0.15) is 0 Å². The van der Waals surface area contributed by atoms with Crippen molar-refractivity contribution in [2.75, 3.05) is 26.2 Å². The number of rotatable bonds is 4. The lowest BCUT2D eigenvalue weighted by Crippen LogP contribution is -2.27. The first kappa shape index (κ1) is 17.6. The number of carbonyl (C=O) groups is 2. The van der Waals surface area contributed by atoms with E-state index < -0.39 is 11.9 Å². The number of ether oxygens (including phenoxy) is 3. The molecule has 1 aliphatic heterocycles. The van der Waals surface area contributed by atoms with Gasteiger partial charge in [-0.25, -0.2) is 9.59 Å². The van der Waals surface area contributed by atoms with E-state index >= 15 is 0 Å². The third-order valence-electron chi connectivity index (χ3n) is 3.29. The molecule has 0 fully saturated rings. The smallest absolute Gasteiger partial charge is 0.355 e. The van der Waals surface area contributed by atoms with Crippen LogP contribution in [-0.2, 0) is 19.1 Å². The second-order valence-corrected chi connectivity index (χ2v) is 5.07. The highest BCUT2D eigenvalue weighted by atomic mass is 35.5. The van der Waals surface area contributed by atoms with E-state index in [0.29, 0.717) is 16.5 Å². The highest BCUT2D eigenvalue weighted by molar-refractivity contribution is 6.30. The lowest BCUT2D eigenvalue weighted by atomic mass is 10.1. The van der Waals surface area contributed by atoms with Gasteiger partial charge >= 0.3 is 11.9 Å². The summed E-state index contributed by atoms with van der Waals surface area (Å²) in [5, 5.41) is 0.476. The molecule has 0 unspecified atom stereocenters. The zero-order valence-electron chi connectivity index (χ0n) is 13.4. The van der Waals surface area contributed by atoms with E-state index in [1.54, 1.807) is 36.6 Å². The molecule has 1 heterocycles. The molecular weight excluding hydrogens is 334 g/mol. The SMILES string of the molecule is COC(=O)C1=C(C(=O)OC)N(c2ccc(Cl)cc2OC)C=CC=C1. The molecule has 0 aromatic heterocycles. The summed E-state index contributed by atoms with van der Waals surface area (Å²) in [6.07, 6.45) is 6.39. The van der Waals surface area contributed by atoms with Gasteiger partial charge in [0.2, 0.25) is 0 Å². The van der Waals surface area contributed by atoms with Gasteiger partial charge in [0.25, 0.3) is 0 Å². The van der Waals surface area contributed by atoms with Crippen LogP contribution in [0.15, 0.2) is 53.9 Å². The molecule has 0 aliphatic carbocycles. The number of methoxy groups -OCH3 is 3. The van der Waals surface area contributed by atoms with Crippen LogP contribution in [0.25, 0.3) is 0 Å². The molecule has 1 aromatic rings. The minimum absolute atomic E-state index is 0.00923. The van der Waals surface area contributed by atoms with Crippen LogP contribution >= 0.6 is 11.6 Å². The summed E-state index contributed by atoms with van der Waals surface area (Å²) in [5.74, 6) is -0.920. The van der Waals surface area contributed by atoms with Crippen LogP contribution in [0.2, 0.25) is 5.02 Å². The van der Waals surface area contributed by atoms with Crippen molar-refractivity contribution >= 4 is 29.2 Å². The summed E-state index contributed by atoms with van der Waals surface area (Å²) in [6, 6.07) is 4.93. The van der Waals surface area contributed by atoms with Gasteiger partial charge in [0.1, 0.15) is 11.4 Å². The second-order valence-electron chi connectivity index (χ2n) is 4.63. The molecule has 0 saturated heterocycles. The number of esters is 2. The van der Waals surface area contributed by atoms with Crippen LogP contribution in [-0.4, -0.2) is 33.3 Å². The standard InChI is InChI=1S/C17H16ClNO5/c1-22-14-10-11(18)7-8-13(14)19-9-5-4-6-12(16(20)23-2)15(19)17(21)24-3/h4-10H,1-3H3. The predicted molar refractivity (Wildman–Crippen MR) is 89.8 cm³/mol. The van der Waals surface area contributed by atoms with Crippen molar-refractivity contribution in [3.63, 3.8) is 0 Å². The molecule has 0 saturated carbocycles. The van der Waals surface area contributed by atoms with E-state index in [4.69, 9.17) is 25.8 Å². The van der Waals surface area contributed by atoms with Crippen molar-refractivity contribution in [2.24, 2.45) is 0 Å². The molecule has 6 nitrogen and oxygen atoms in total. The summed E-state index contributed by atoms with van der Waals surface area (Å²) in [5.41, 5.74) is 0.588. The average Bonchev–Trinajstić information content (AvgIpc) is 2.82. The van der Waals surface area contributed by atoms with E-state index in [0.717, 1.165) is 0 Å². The Labute approximate surface area is 144 Å². The molecule has 126 valence electrons. The summed E-state index contributed by atoms with van der Waals surface area (Å²) < 4.78 is 14.9. The van der Waals surface area contributed by atoms with Gasteiger partial charge in [-0.2, -0.15) is 0 Å². The van der Waals surface area contributed by atoms with Crippen LogP contribution in [0.5, 0.6) is 5.75 Å². The number of halogens is 1. The van der Waals surface area contributed by atoms with Gasteiger partial charge in [-0.3, -0.25) is 0 Å². The summed E-state index contributed by atoms with van der Waals surface area (Å²) in [7, 11) is 3.96. The number of nitrogens with zero attached hydrogens (tertiary/aromatic N) is 1. The van der Waals surface area contributed by atoms with Crippen LogP contribution in [0.3, 0.4) is 0 Å². The number of anilines is 1. The lowest BCUT2D eigenvalue weighted by molar-refractivity contribution is -0.139. The van der Waals surface area contributed by atoms with Crippen LogP contribution in [0, 0.1) is 0 Å². The summed E-state index contributed by atoms with van der Waals surface area (Å²) in [4.78, 5) is 25.9. The minimum atomic E-state index is -0.691. The monoisotopic (exact) mass is 349 g/mol. The normalized spacial score (nSPS) is 13.6. The van der Waals surface area contributed by atoms with Gasteiger partial charge in [0.05, 0.1) is 32.6 Å². The first-order valence-electron chi connectivity index (χ1n) is 6.92. The fourth-order valence-electron chi connectivity index (χ4n) is 2.20. The molecule has 0 N–H and O–H groups in total. The predicted octanol–water partition coefficient (Wildman–Crippen LogP) is 2.84. The highest BCUT2D eigenvalue weighted by Gasteiger charge is 2.28. The van der Waals surface area contributed by atoms with Crippen molar-refractivity contribution in [1.82, 2.24) is 0 Å². The maximum Gasteiger partial charge on any atom is 0.355 e. The Kier molecular flexibility index (Phi) is 5.65. The van der Waals surface area contributed by atoms with E-state index in [1.165, 1.54) is 32.3 Å². The molecule has 0 radical (unpaired) electrons. The molecule has 0 amide bonds. The van der Waals surface area contributed by atoms with Gasteiger partial charge in [-0.1, -0.05) is 17.7 Å². The van der Waals surface area contributed by atoms with E-state index in [-0.39, 0.29) is 11.3 Å². The summed E-state index contributed by atoms with van der Waals surface area (Å²) >= 11 is 5.99. The second kappa shape index (κ2) is 7.70. The third kappa shape index (κ3) is 3.44. The zero-order valence-corrected chi connectivity index (χ0v) is 14.2. The van der Waals surface area contributed by atoms with Gasteiger partial charge in [0.15, 0.2) is 0 Å².